The number of nitrogens with one attached hydrogen (secondary N) is 1. The standard InChI is InChI=1S/C16H20N4O3S/c1-10-15(24-12(3)18-10)11(2)19(4)16(21)17-9-13-5-7-14(8-6-13)20(22)23/h5-8,11H,9H2,1-4H3,(H,17,21)/t11-/m0/s1. The molecule has 2 amide bonds. The minimum Gasteiger partial charge on any atom is -0.334 e. The predicted molar refractivity (Wildman–Crippen MR) is 93.1 cm³/mol. The lowest BCUT2D eigenvalue weighted by atomic mass is 10.2. The maximum Gasteiger partial charge on any atom is 0.317 e. The summed E-state index contributed by atoms with van der Waals surface area (Å²) in [5.74, 6) is 0. The minimum absolute atomic E-state index is 0.0341. The number of carbonyl (C=O) groups is 1. The summed E-state index contributed by atoms with van der Waals surface area (Å²) in [5.41, 5.74) is 1.78. The SMILES string of the molecule is Cc1nc(C)c([C@H](C)N(C)C(=O)NCc2ccc([N+](=O)[O-])cc2)s1. The van der Waals surface area contributed by atoms with Crippen molar-refractivity contribution in [2.45, 2.75) is 33.4 Å². The van der Waals surface area contributed by atoms with Gasteiger partial charge in [-0.2, -0.15) is 0 Å². The second-order valence-corrected chi connectivity index (χ2v) is 6.79. The van der Waals surface area contributed by atoms with E-state index in [0.717, 1.165) is 21.1 Å². The topological polar surface area (TPSA) is 88.4 Å². The van der Waals surface area contributed by atoms with Crippen molar-refractivity contribution in [2.24, 2.45) is 0 Å². The Bertz CT molecular complexity index is 742. The number of aryl methyl sites for hydroxylation is 2. The molecule has 0 aliphatic carbocycles. The summed E-state index contributed by atoms with van der Waals surface area (Å²) < 4.78 is 0. The number of amides is 2. The number of thiazole rings is 1. The van der Waals surface area contributed by atoms with Crippen LogP contribution in [-0.2, 0) is 6.54 Å². The highest BCUT2D eigenvalue weighted by atomic mass is 32.1. The summed E-state index contributed by atoms with van der Waals surface area (Å²) in [7, 11) is 1.74. The largest absolute Gasteiger partial charge is 0.334 e. The minimum atomic E-state index is -0.447. The highest BCUT2D eigenvalue weighted by Gasteiger charge is 2.21. The lowest BCUT2D eigenvalue weighted by Crippen LogP contribution is -2.38. The van der Waals surface area contributed by atoms with Crippen LogP contribution in [-0.4, -0.2) is 27.9 Å². The van der Waals surface area contributed by atoms with Crippen LogP contribution in [0, 0.1) is 24.0 Å². The van der Waals surface area contributed by atoms with Crippen LogP contribution >= 0.6 is 11.3 Å². The Hall–Kier alpha value is -2.48. The number of rotatable bonds is 5. The molecule has 128 valence electrons. The first kappa shape index (κ1) is 17.9. The number of hydrogen-bond acceptors (Lipinski definition) is 5. The van der Waals surface area contributed by atoms with Gasteiger partial charge in [0.25, 0.3) is 5.69 Å². The molecule has 0 radical (unpaired) electrons. The van der Waals surface area contributed by atoms with Crippen LogP contribution in [0.4, 0.5) is 10.5 Å². The van der Waals surface area contributed by atoms with Crippen molar-refractivity contribution in [1.29, 1.82) is 0 Å². The predicted octanol–water partition coefficient (Wildman–Crippen LogP) is 3.57. The Morgan fingerprint density at radius 3 is 2.50 bits per heavy atom. The van der Waals surface area contributed by atoms with E-state index in [1.165, 1.54) is 12.1 Å². The van der Waals surface area contributed by atoms with Gasteiger partial charge >= 0.3 is 6.03 Å². The number of hydrogen-bond donors (Lipinski definition) is 1. The van der Waals surface area contributed by atoms with E-state index in [-0.39, 0.29) is 17.8 Å². The number of aromatic nitrogens is 1. The summed E-state index contributed by atoms with van der Waals surface area (Å²) in [4.78, 5) is 29.6. The first-order valence-electron chi connectivity index (χ1n) is 7.47. The van der Waals surface area contributed by atoms with E-state index >= 15 is 0 Å². The molecule has 1 aromatic heterocycles. The molecule has 1 atom stereocenters. The van der Waals surface area contributed by atoms with E-state index in [1.807, 2.05) is 20.8 Å². The lowest BCUT2D eigenvalue weighted by molar-refractivity contribution is -0.384. The molecule has 0 saturated carbocycles. The highest BCUT2D eigenvalue weighted by molar-refractivity contribution is 7.11. The van der Waals surface area contributed by atoms with E-state index in [2.05, 4.69) is 10.3 Å². The average molecular weight is 348 g/mol. The third-order valence-electron chi connectivity index (χ3n) is 3.81. The van der Waals surface area contributed by atoms with E-state index in [1.54, 1.807) is 35.4 Å². The summed E-state index contributed by atoms with van der Waals surface area (Å²) in [6.07, 6.45) is 0. The Morgan fingerprint density at radius 1 is 1.38 bits per heavy atom. The number of nitro groups is 1. The summed E-state index contributed by atoms with van der Waals surface area (Å²) in [6, 6.07) is 5.85. The van der Waals surface area contributed by atoms with Crippen molar-refractivity contribution in [3.05, 3.63) is 55.5 Å². The van der Waals surface area contributed by atoms with Gasteiger partial charge < -0.3 is 10.2 Å². The molecular weight excluding hydrogens is 328 g/mol. The Balaban J connectivity index is 1.96. The number of nitrogens with zero attached hydrogens (tertiary/aromatic N) is 3. The van der Waals surface area contributed by atoms with E-state index in [4.69, 9.17) is 0 Å². The van der Waals surface area contributed by atoms with Gasteiger partial charge in [0.1, 0.15) is 0 Å². The molecule has 0 spiro atoms. The van der Waals surface area contributed by atoms with Gasteiger partial charge in [0, 0.05) is 30.6 Å². The number of non-ortho nitro benzene ring substituents is 1. The molecule has 0 bridgehead atoms. The molecular formula is C16H20N4O3S. The van der Waals surface area contributed by atoms with Gasteiger partial charge in [0.15, 0.2) is 0 Å². The van der Waals surface area contributed by atoms with E-state index < -0.39 is 4.92 Å². The molecule has 2 rings (SSSR count). The van der Waals surface area contributed by atoms with E-state index in [9.17, 15) is 14.9 Å². The maximum atomic E-state index is 12.3. The molecule has 0 fully saturated rings. The smallest absolute Gasteiger partial charge is 0.317 e. The summed E-state index contributed by atoms with van der Waals surface area (Å²) in [5, 5.41) is 14.4. The van der Waals surface area contributed by atoms with Gasteiger partial charge in [0.05, 0.1) is 21.7 Å². The Kier molecular flexibility index (Phi) is 5.50. The monoisotopic (exact) mass is 348 g/mol. The average Bonchev–Trinajstić information content (AvgIpc) is 2.89. The molecule has 7 nitrogen and oxygen atoms in total. The molecule has 1 heterocycles. The first-order valence-corrected chi connectivity index (χ1v) is 8.29. The fourth-order valence-corrected chi connectivity index (χ4v) is 3.35. The van der Waals surface area contributed by atoms with Crippen molar-refractivity contribution in [3.8, 4) is 0 Å². The van der Waals surface area contributed by atoms with Crippen molar-refractivity contribution >= 4 is 23.1 Å². The number of benzene rings is 1. The van der Waals surface area contributed by atoms with Crippen LogP contribution in [0.5, 0.6) is 0 Å². The van der Waals surface area contributed by atoms with Gasteiger partial charge in [0.2, 0.25) is 0 Å². The van der Waals surface area contributed by atoms with Crippen LogP contribution in [0.15, 0.2) is 24.3 Å². The molecule has 0 aliphatic heterocycles. The maximum absolute atomic E-state index is 12.3. The third kappa shape index (κ3) is 4.08. The lowest BCUT2D eigenvalue weighted by Gasteiger charge is -2.24. The zero-order chi connectivity index (χ0) is 17.9. The fourth-order valence-electron chi connectivity index (χ4n) is 2.32. The molecule has 2 aromatic rings. The normalized spacial score (nSPS) is 11.8. The molecule has 0 unspecified atom stereocenters. The van der Waals surface area contributed by atoms with Crippen LogP contribution < -0.4 is 5.32 Å². The Morgan fingerprint density at radius 2 is 2.00 bits per heavy atom. The zero-order valence-electron chi connectivity index (χ0n) is 14.1. The fraction of sp³-hybridized carbons (Fsp3) is 0.375. The third-order valence-corrected chi connectivity index (χ3v) is 5.05. The molecule has 0 aliphatic rings. The summed E-state index contributed by atoms with van der Waals surface area (Å²) >= 11 is 1.59. The molecule has 0 saturated heterocycles. The number of carbonyl (C=O) groups excluding carboxylic acids is 1. The first-order chi connectivity index (χ1) is 11.3. The number of urea groups is 1. The van der Waals surface area contributed by atoms with Gasteiger partial charge in [-0.1, -0.05) is 12.1 Å². The van der Waals surface area contributed by atoms with Crippen molar-refractivity contribution in [2.75, 3.05) is 7.05 Å². The quantitative estimate of drug-likeness (QED) is 0.661. The Labute approximate surface area is 144 Å². The van der Waals surface area contributed by atoms with Crippen LogP contribution in [0.3, 0.4) is 0 Å². The second kappa shape index (κ2) is 7.39. The van der Waals surface area contributed by atoms with Gasteiger partial charge in [-0.25, -0.2) is 9.78 Å². The highest BCUT2D eigenvalue weighted by Crippen LogP contribution is 2.28. The summed E-state index contributed by atoms with van der Waals surface area (Å²) in [6.45, 7) is 6.17. The number of nitro benzene ring substituents is 1. The van der Waals surface area contributed by atoms with E-state index in [0.29, 0.717) is 6.54 Å². The molecule has 1 N–H and O–H groups in total. The van der Waals surface area contributed by atoms with Gasteiger partial charge in [-0.05, 0) is 26.3 Å². The van der Waals surface area contributed by atoms with Crippen LogP contribution in [0.2, 0.25) is 0 Å². The second-order valence-electron chi connectivity index (χ2n) is 5.55. The van der Waals surface area contributed by atoms with Gasteiger partial charge in [-0.3, -0.25) is 10.1 Å². The molecule has 24 heavy (non-hydrogen) atoms. The van der Waals surface area contributed by atoms with Gasteiger partial charge in [-0.15, -0.1) is 11.3 Å². The van der Waals surface area contributed by atoms with Crippen LogP contribution in [0.1, 0.15) is 34.1 Å². The molecule has 8 heteroatoms. The van der Waals surface area contributed by atoms with Crippen molar-refractivity contribution in [1.82, 2.24) is 15.2 Å². The zero-order valence-corrected chi connectivity index (χ0v) is 14.9. The van der Waals surface area contributed by atoms with Crippen molar-refractivity contribution < 1.29 is 9.72 Å². The van der Waals surface area contributed by atoms with Crippen molar-refractivity contribution in [3.63, 3.8) is 0 Å². The van der Waals surface area contributed by atoms with Crippen LogP contribution in [0.25, 0.3) is 0 Å². The molecule has 1 aromatic carbocycles.